The first-order chi connectivity index (χ1) is 4.77. The van der Waals surface area contributed by atoms with Gasteiger partial charge in [0.1, 0.15) is 0 Å². The van der Waals surface area contributed by atoms with Crippen LogP contribution < -0.4 is 5.32 Å². The van der Waals surface area contributed by atoms with Crippen molar-refractivity contribution in [3.8, 4) is 0 Å². The number of rotatable bonds is 2. The molecule has 1 atom stereocenters. The van der Waals surface area contributed by atoms with Crippen LogP contribution in [-0.4, -0.2) is 25.8 Å². The van der Waals surface area contributed by atoms with Crippen LogP contribution in [0.4, 0.5) is 0 Å². The summed E-state index contributed by atoms with van der Waals surface area (Å²) >= 11 is 0. The van der Waals surface area contributed by atoms with E-state index in [9.17, 15) is 0 Å². The average molecular weight is 143 g/mol. The summed E-state index contributed by atoms with van der Waals surface area (Å²) in [5.41, 5.74) is 0.257. The molecule has 1 unspecified atom stereocenters. The lowest BCUT2D eigenvalue weighted by atomic mass is 9.92. The number of hydrogen-bond acceptors (Lipinski definition) is 2. The third-order valence-corrected chi connectivity index (χ3v) is 2.17. The molecular weight excluding hydrogens is 126 g/mol. The zero-order valence-electron chi connectivity index (χ0n) is 6.94. The van der Waals surface area contributed by atoms with Crippen LogP contribution in [0.2, 0.25) is 0 Å². The summed E-state index contributed by atoms with van der Waals surface area (Å²) in [6, 6.07) is 0. The van der Waals surface area contributed by atoms with Crippen molar-refractivity contribution in [1.82, 2.24) is 5.32 Å². The Bertz CT molecular complexity index is 91.9. The molecule has 0 bridgehead atoms. The molecule has 0 aromatic carbocycles. The van der Waals surface area contributed by atoms with Crippen LogP contribution in [0.25, 0.3) is 0 Å². The predicted molar refractivity (Wildman–Crippen MR) is 42.1 cm³/mol. The smallest absolute Gasteiger partial charge is 0.0641 e. The maximum Gasteiger partial charge on any atom is 0.0641 e. The molecule has 0 spiro atoms. The van der Waals surface area contributed by atoms with Gasteiger partial charge in [0, 0.05) is 12.6 Å². The maximum absolute atomic E-state index is 5.12. The van der Waals surface area contributed by atoms with Crippen molar-refractivity contribution in [2.45, 2.75) is 31.7 Å². The molecule has 60 valence electrons. The van der Waals surface area contributed by atoms with E-state index in [4.69, 9.17) is 4.74 Å². The van der Waals surface area contributed by atoms with Gasteiger partial charge in [-0.3, -0.25) is 0 Å². The molecule has 1 N–H and O–H groups in total. The molecule has 0 saturated carbocycles. The minimum Gasteiger partial charge on any atom is -0.383 e. The molecule has 2 nitrogen and oxygen atoms in total. The van der Waals surface area contributed by atoms with Crippen molar-refractivity contribution in [3.05, 3.63) is 0 Å². The number of piperidine rings is 1. The van der Waals surface area contributed by atoms with E-state index in [1.807, 2.05) is 0 Å². The van der Waals surface area contributed by atoms with Crippen LogP contribution in [-0.2, 0) is 4.74 Å². The largest absolute Gasteiger partial charge is 0.383 e. The lowest BCUT2D eigenvalue weighted by molar-refractivity contribution is 0.101. The highest BCUT2D eigenvalue weighted by molar-refractivity contribution is 4.85. The Hall–Kier alpha value is -0.0800. The van der Waals surface area contributed by atoms with Gasteiger partial charge in [0.25, 0.3) is 0 Å². The van der Waals surface area contributed by atoms with Crippen LogP contribution in [0.5, 0.6) is 0 Å². The monoisotopic (exact) mass is 143 g/mol. The summed E-state index contributed by atoms with van der Waals surface area (Å²) in [6.07, 6.45) is 3.91. The molecule has 0 aromatic heterocycles. The van der Waals surface area contributed by atoms with E-state index < -0.39 is 0 Å². The van der Waals surface area contributed by atoms with E-state index in [0.29, 0.717) is 0 Å². The highest BCUT2D eigenvalue weighted by Gasteiger charge is 2.25. The fourth-order valence-corrected chi connectivity index (χ4v) is 1.56. The highest BCUT2D eigenvalue weighted by atomic mass is 16.5. The van der Waals surface area contributed by atoms with Crippen LogP contribution >= 0.6 is 0 Å². The number of methoxy groups -OCH3 is 1. The Morgan fingerprint density at radius 3 is 2.80 bits per heavy atom. The molecule has 1 fully saturated rings. The van der Waals surface area contributed by atoms with Crippen molar-refractivity contribution < 1.29 is 4.74 Å². The van der Waals surface area contributed by atoms with Crippen LogP contribution in [0.3, 0.4) is 0 Å². The molecule has 2 heteroatoms. The topological polar surface area (TPSA) is 21.3 Å². The molecule has 1 aliphatic heterocycles. The summed E-state index contributed by atoms with van der Waals surface area (Å²) in [5.74, 6) is 0. The summed E-state index contributed by atoms with van der Waals surface area (Å²) in [6.45, 7) is 4.22. The maximum atomic E-state index is 5.12. The molecule has 0 aromatic rings. The summed E-state index contributed by atoms with van der Waals surface area (Å²) in [7, 11) is 1.77. The first-order valence-corrected chi connectivity index (χ1v) is 4.01. The van der Waals surface area contributed by atoms with E-state index in [1.165, 1.54) is 19.3 Å². The van der Waals surface area contributed by atoms with Crippen LogP contribution in [0.1, 0.15) is 26.2 Å². The minimum absolute atomic E-state index is 0.257. The van der Waals surface area contributed by atoms with Gasteiger partial charge >= 0.3 is 0 Å². The zero-order chi connectivity index (χ0) is 7.45. The third kappa shape index (κ3) is 1.96. The summed E-state index contributed by atoms with van der Waals surface area (Å²) in [4.78, 5) is 0. The fourth-order valence-electron chi connectivity index (χ4n) is 1.56. The molecule has 10 heavy (non-hydrogen) atoms. The number of ether oxygens (including phenoxy) is 1. The molecule has 1 rings (SSSR count). The lowest BCUT2D eigenvalue weighted by Crippen LogP contribution is -2.49. The van der Waals surface area contributed by atoms with Gasteiger partial charge in [-0.2, -0.15) is 0 Å². The van der Waals surface area contributed by atoms with Crippen LogP contribution in [0.15, 0.2) is 0 Å². The second kappa shape index (κ2) is 3.35. The SMILES string of the molecule is COCC1(C)CCCCN1. The molecule has 1 saturated heterocycles. The molecule has 0 amide bonds. The van der Waals surface area contributed by atoms with Crippen molar-refractivity contribution in [2.24, 2.45) is 0 Å². The van der Waals surface area contributed by atoms with Gasteiger partial charge in [0.2, 0.25) is 0 Å². The summed E-state index contributed by atoms with van der Waals surface area (Å²) < 4.78 is 5.12. The minimum atomic E-state index is 0.257. The summed E-state index contributed by atoms with van der Waals surface area (Å²) in [5, 5.41) is 3.47. The Morgan fingerprint density at radius 2 is 2.30 bits per heavy atom. The van der Waals surface area contributed by atoms with Crippen molar-refractivity contribution >= 4 is 0 Å². The van der Waals surface area contributed by atoms with Crippen molar-refractivity contribution in [3.63, 3.8) is 0 Å². The van der Waals surface area contributed by atoms with Gasteiger partial charge in [0.15, 0.2) is 0 Å². The first kappa shape index (κ1) is 8.02. The molecule has 0 aliphatic carbocycles. The number of nitrogens with one attached hydrogen (secondary N) is 1. The van der Waals surface area contributed by atoms with Gasteiger partial charge in [-0.05, 0) is 26.3 Å². The average Bonchev–Trinajstić information content (AvgIpc) is 1.89. The Balaban J connectivity index is 2.32. The Kier molecular flexibility index (Phi) is 2.69. The third-order valence-electron chi connectivity index (χ3n) is 2.17. The van der Waals surface area contributed by atoms with E-state index >= 15 is 0 Å². The van der Waals surface area contributed by atoms with E-state index in [2.05, 4.69) is 12.2 Å². The molecular formula is C8H17NO. The zero-order valence-corrected chi connectivity index (χ0v) is 6.94. The van der Waals surface area contributed by atoms with Crippen molar-refractivity contribution in [2.75, 3.05) is 20.3 Å². The molecule has 1 heterocycles. The van der Waals surface area contributed by atoms with Crippen molar-refractivity contribution in [1.29, 1.82) is 0 Å². The quantitative estimate of drug-likeness (QED) is 0.626. The van der Waals surface area contributed by atoms with Gasteiger partial charge in [-0.1, -0.05) is 6.42 Å². The van der Waals surface area contributed by atoms with E-state index in [-0.39, 0.29) is 5.54 Å². The van der Waals surface area contributed by atoms with Crippen LogP contribution in [0, 0.1) is 0 Å². The van der Waals surface area contributed by atoms with Gasteiger partial charge < -0.3 is 10.1 Å². The van der Waals surface area contributed by atoms with E-state index in [0.717, 1.165) is 13.2 Å². The Labute approximate surface area is 63.0 Å². The lowest BCUT2D eigenvalue weighted by Gasteiger charge is -2.34. The number of hydrogen-bond donors (Lipinski definition) is 1. The highest BCUT2D eigenvalue weighted by Crippen LogP contribution is 2.18. The fraction of sp³-hybridized carbons (Fsp3) is 1.00. The van der Waals surface area contributed by atoms with Gasteiger partial charge in [0.05, 0.1) is 6.61 Å². The van der Waals surface area contributed by atoms with Gasteiger partial charge in [-0.25, -0.2) is 0 Å². The Morgan fingerprint density at radius 1 is 1.50 bits per heavy atom. The first-order valence-electron chi connectivity index (χ1n) is 4.01. The predicted octanol–water partition coefficient (Wildman–Crippen LogP) is 1.17. The second-order valence-corrected chi connectivity index (χ2v) is 3.38. The molecule has 0 radical (unpaired) electrons. The molecule has 1 aliphatic rings. The standard InChI is InChI=1S/C8H17NO/c1-8(7-10-2)5-3-4-6-9-8/h9H,3-7H2,1-2H3. The second-order valence-electron chi connectivity index (χ2n) is 3.38. The van der Waals surface area contributed by atoms with Gasteiger partial charge in [-0.15, -0.1) is 0 Å². The van der Waals surface area contributed by atoms with E-state index in [1.54, 1.807) is 7.11 Å². The normalized spacial score (nSPS) is 34.2.